The van der Waals surface area contributed by atoms with Crippen LogP contribution in [-0.4, -0.2) is 42.2 Å². The molecular weight excluding hydrogens is 359 g/mol. The number of unbranched alkanes of at least 4 members (excludes halogenated alkanes) is 1. The first-order chi connectivity index (χ1) is 13.7. The van der Waals surface area contributed by atoms with Gasteiger partial charge in [-0.15, -0.1) is 0 Å². The molecule has 0 saturated heterocycles. The van der Waals surface area contributed by atoms with Crippen molar-refractivity contribution >= 4 is 11.8 Å². The summed E-state index contributed by atoms with van der Waals surface area (Å²) in [6, 6.07) is 8.69. The number of amides is 2. The van der Waals surface area contributed by atoms with Crippen LogP contribution in [0.4, 0.5) is 15.0 Å². The lowest BCUT2D eigenvalue weighted by atomic mass is 9.99. The average molecular weight is 384 g/mol. The molecule has 1 aromatic carbocycles. The van der Waals surface area contributed by atoms with Crippen LogP contribution in [-0.2, 0) is 19.4 Å². The summed E-state index contributed by atoms with van der Waals surface area (Å²) in [6.07, 6.45) is 3.62. The van der Waals surface area contributed by atoms with Crippen molar-refractivity contribution in [1.29, 1.82) is 0 Å². The van der Waals surface area contributed by atoms with Crippen molar-refractivity contribution in [1.82, 2.24) is 15.2 Å². The minimum Gasteiger partial charge on any atom is -0.478 e. The first-order valence-electron chi connectivity index (χ1n) is 9.84. The van der Waals surface area contributed by atoms with Crippen molar-refractivity contribution in [3.63, 3.8) is 0 Å². The van der Waals surface area contributed by atoms with E-state index in [1.165, 1.54) is 5.56 Å². The molecule has 7 heteroatoms. The number of carbonyl (C=O) groups excluding carboxylic acids is 1. The summed E-state index contributed by atoms with van der Waals surface area (Å²) in [7, 11) is 0. The quantitative estimate of drug-likeness (QED) is 0.751. The van der Waals surface area contributed by atoms with Crippen molar-refractivity contribution in [2.24, 2.45) is 0 Å². The Morgan fingerprint density at radius 3 is 2.93 bits per heavy atom. The molecule has 6 nitrogen and oxygen atoms in total. The zero-order valence-corrected chi connectivity index (χ0v) is 15.8. The lowest BCUT2D eigenvalue weighted by molar-refractivity contribution is 0.233. The fraction of sp³-hybridized carbons (Fsp3) is 0.429. The third kappa shape index (κ3) is 4.59. The van der Waals surface area contributed by atoms with Gasteiger partial charge in [0.05, 0.1) is 6.61 Å². The minimum absolute atomic E-state index is 0.147. The van der Waals surface area contributed by atoms with Gasteiger partial charge in [0.2, 0.25) is 5.88 Å². The molecule has 0 unspecified atom stereocenters. The van der Waals surface area contributed by atoms with Gasteiger partial charge in [0.25, 0.3) is 0 Å². The van der Waals surface area contributed by atoms with Gasteiger partial charge >= 0.3 is 6.03 Å². The van der Waals surface area contributed by atoms with Gasteiger partial charge in [0.15, 0.2) is 0 Å². The maximum atomic E-state index is 13.3. The number of rotatable bonds is 6. The molecule has 0 aliphatic carbocycles. The Morgan fingerprint density at radius 2 is 2.00 bits per heavy atom. The number of anilines is 1. The molecule has 0 atom stereocenters. The SMILES string of the molecule is O=C1NCCc2ccc(OCCCCN3CCc4cc(F)ccc4C3)nc2N1. The summed E-state index contributed by atoms with van der Waals surface area (Å²) in [5.41, 5.74) is 3.38. The third-order valence-corrected chi connectivity index (χ3v) is 5.24. The number of nitrogens with zero attached hydrogens (tertiary/aromatic N) is 2. The predicted molar refractivity (Wildman–Crippen MR) is 105 cm³/mol. The van der Waals surface area contributed by atoms with E-state index in [9.17, 15) is 9.18 Å². The molecule has 28 heavy (non-hydrogen) atoms. The van der Waals surface area contributed by atoms with E-state index in [0.717, 1.165) is 56.4 Å². The smallest absolute Gasteiger partial charge is 0.320 e. The summed E-state index contributed by atoms with van der Waals surface area (Å²) < 4.78 is 19.1. The van der Waals surface area contributed by atoms with Gasteiger partial charge in [-0.2, -0.15) is 4.98 Å². The van der Waals surface area contributed by atoms with Crippen molar-refractivity contribution in [3.05, 3.63) is 52.8 Å². The van der Waals surface area contributed by atoms with Gasteiger partial charge in [-0.25, -0.2) is 9.18 Å². The van der Waals surface area contributed by atoms with Crippen molar-refractivity contribution < 1.29 is 13.9 Å². The highest BCUT2D eigenvalue weighted by molar-refractivity contribution is 5.89. The second kappa shape index (κ2) is 8.56. The fourth-order valence-corrected chi connectivity index (χ4v) is 3.71. The molecule has 2 N–H and O–H groups in total. The molecule has 2 amide bonds. The van der Waals surface area contributed by atoms with E-state index in [4.69, 9.17) is 4.74 Å². The predicted octanol–water partition coefficient (Wildman–Crippen LogP) is 3.12. The summed E-state index contributed by atoms with van der Waals surface area (Å²) in [5, 5.41) is 5.50. The van der Waals surface area contributed by atoms with Crippen LogP contribution in [0, 0.1) is 5.82 Å². The summed E-state index contributed by atoms with van der Waals surface area (Å²) in [6.45, 7) is 4.05. The van der Waals surface area contributed by atoms with Crippen molar-refractivity contribution in [2.45, 2.75) is 32.2 Å². The van der Waals surface area contributed by atoms with Crippen LogP contribution in [0.1, 0.15) is 29.5 Å². The molecule has 4 rings (SSSR count). The number of hydrogen-bond acceptors (Lipinski definition) is 4. The Bertz CT molecular complexity index is 858. The van der Waals surface area contributed by atoms with Crippen LogP contribution in [0.5, 0.6) is 5.88 Å². The normalized spacial score (nSPS) is 16.4. The highest BCUT2D eigenvalue weighted by Gasteiger charge is 2.16. The van der Waals surface area contributed by atoms with Gasteiger partial charge in [0.1, 0.15) is 11.6 Å². The highest BCUT2D eigenvalue weighted by Crippen LogP contribution is 2.21. The number of hydrogen-bond donors (Lipinski definition) is 2. The Hall–Kier alpha value is -2.67. The third-order valence-electron chi connectivity index (χ3n) is 5.24. The molecule has 2 aromatic rings. The van der Waals surface area contributed by atoms with Crippen LogP contribution in [0.15, 0.2) is 30.3 Å². The largest absolute Gasteiger partial charge is 0.478 e. The molecule has 0 saturated carbocycles. The van der Waals surface area contributed by atoms with E-state index in [1.54, 1.807) is 12.1 Å². The molecule has 0 spiro atoms. The number of ether oxygens (including phenoxy) is 1. The summed E-state index contributed by atoms with van der Waals surface area (Å²) in [5.74, 6) is 0.970. The van der Waals surface area contributed by atoms with E-state index >= 15 is 0 Å². The van der Waals surface area contributed by atoms with Gasteiger partial charge in [-0.05, 0) is 67.1 Å². The monoisotopic (exact) mass is 384 g/mol. The number of halogens is 1. The van der Waals surface area contributed by atoms with E-state index in [0.29, 0.717) is 24.8 Å². The number of carbonyl (C=O) groups is 1. The van der Waals surface area contributed by atoms with Gasteiger partial charge in [-0.3, -0.25) is 10.2 Å². The van der Waals surface area contributed by atoms with Crippen LogP contribution in [0.3, 0.4) is 0 Å². The molecule has 3 heterocycles. The topological polar surface area (TPSA) is 66.5 Å². The standard InChI is InChI=1S/C21H25FN4O2/c22-18-5-3-17-14-26(11-8-16(17)13-18)10-1-2-12-28-19-6-4-15-7-9-23-21(27)25-20(15)24-19/h3-6,13H,1-2,7-12,14H2,(H2,23,24,25,27). The number of fused-ring (bicyclic) bond motifs is 2. The van der Waals surface area contributed by atoms with Crippen molar-refractivity contribution in [3.8, 4) is 5.88 Å². The number of aromatic nitrogens is 1. The van der Waals surface area contributed by atoms with E-state index < -0.39 is 0 Å². The number of urea groups is 1. The maximum absolute atomic E-state index is 13.3. The summed E-state index contributed by atoms with van der Waals surface area (Å²) >= 11 is 0. The van der Waals surface area contributed by atoms with Crippen LogP contribution in [0.2, 0.25) is 0 Å². The van der Waals surface area contributed by atoms with Crippen molar-refractivity contribution in [2.75, 3.05) is 31.6 Å². The molecule has 2 aliphatic rings. The van der Waals surface area contributed by atoms with E-state index in [-0.39, 0.29) is 11.8 Å². The number of pyridine rings is 1. The minimum atomic E-state index is -0.228. The first kappa shape index (κ1) is 18.7. The van der Waals surface area contributed by atoms with Crippen LogP contribution < -0.4 is 15.4 Å². The summed E-state index contributed by atoms with van der Waals surface area (Å²) in [4.78, 5) is 18.4. The van der Waals surface area contributed by atoms with E-state index in [2.05, 4.69) is 20.5 Å². The average Bonchev–Trinajstić information content (AvgIpc) is 2.87. The molecule has 0 fully saturated rings. The second-order valence-corrected chi connectivity index (χ2v) is 7.28. The zero-order chi connectivity index (χ0) is 19.3. The molecule has 0 radical (unpaired) electrons. The second-order valence-electron chi connectivity index (χ2n) is 7.28. The Labute approximate surface area is 164 Å². The zero-order valence-electron chi connectivity index (χ0n) is 15.8. The maximum Gasteiger partial charge on any atom is 0.320 e. The van der Waals surface area contributed by atoms with Gasteiger partial charge in [0, 0.05) is 25.7 Å². The Kier molecular flexibility index (Phi) is 5.71. The number of benzene rings is 1. The molecule has 2 aliphatic heterocycles. The first-order valence-corrected chi connectivity index (χ1v) is 9.84. The number of nitrogens with one attached hydrogen (secondary N) is 2. The molecule has 148 valence electrons. The molecule has 0 bridgehead atoms. The van der Waals surface area contributed by atoms with Crippen LogP contribution >= 0.6 is 0 Å². The van der Waals surface area contributed by atoms with Gasteiger partial charge < -0.3 is 10.1 Å². The lowest BCUT2D eigenvalue weighted by Gasteiger charge is -2.28. The Morgan fingerprint density at radius 1 is 1.11 bits per heavy atom. The molecule has 1 aromatic heterocycles. The van der Waals surface area contributed by atoms with E-state index in [1.807, 2.05) is 18.2 Å². The molecular formula is C21H25FN4O2. The fourth-order valence-electron chi connectivity index (χ4n) is 3.71. The van der Waals surface area contributed by atoms with Crippen LogP contribution in [0.25, 0.3) is 0 Å². The van der Waals surface area contributed by atoms with Gasteiger partial charge in [-0.1, -0.05) is 6.07 Å². The lowest BCUT2D eigenvalue weighted by Crippen LogP contribution is -2.31. The highest BCUT2D eigenvalue weighted by atomic mass is 19.1. The Balaban J connectivity index is 1.20.